The first-order chi connectivity index (χ1) is 18.1. The lowest BCUT2D eigenvalue weighted by atomic mass is 9.92. The van der Waals surface area contributed by atoms with Crippen molar-refractivity contribution in [3.63, 3.8) is 0 Å². The van der Waals surface area contributed by atoms with Crippen LogP contribution in [-0.4, -0.2) is 73.4 Å². The number of aromatic nitrogens is 2. The Morgan fingerprint density at radius 1 is 1.11 bits per heavy atom. The monoisotopic (exact) mass is 509 g/mol. The molecule has 0 radical (unpaired) electrons. The number of piperidine rings is 1. The number of methoxy groups -OCH3 is 1. The zero-order chi connectivity index (χ0) is 26.0. The lowest BCUT2D eigenvalue weighted by Gasteiger charge is -2.31. The number of anilines is 1. The van der Waals surface area contributed by atoms with Gasteiger partial charge in [-0.15, -0.1) is 10.2 Å². The summed E-state index contributed by atoms with van der Waals surface area (Å²) in [5.74, 6) is 2.05. The zero-order valence-electron chi connectivity index (χ0n) is 21.3. The molecule has 2 heterocycles. The molecule has 2 aromatic rings. The van der Waals surface area contributed by atoms with Crippen LogP contribution in [0.15, 0.2) is 30.3 Å². The number of aliphatic hydroxyl groups is 1. The highest BCUT2D eigenvalue weighted by Crippen LogP contribution is 2.29. The van der Waals surface area contributed by atoms with Gasteiger partial charge in [0.2, 0.25) is 0 Å². The summed E-state index contributed by atoms with van der Waals surface area (Å²) in [4.78, 5) is 14.9. The normalized spacial score (nSPS) is 20.2. The Morgan fingerprint density at radius 2 is 1.89 bits per heavy atom. The summed E-state index contributed by atoms with van der Waals surface area (Å²) in [7, 11) is 1.60. The largest absolute Gasteiger partial charge is 0.490 e. The average Bonchev–Trinajstić information content (AvgIpc) is 2.94. The van der Waals surface area contributed by atoms with E-state index in [1.54, 1.807) is 31.4 Å². The number of hydrogen-bond acceptors (Lipinski definition) is 9. The van der Waals surface area contributed by atoms with Crippen LogP contribution < -0.4 is 19.7 Å². The van der Waals surface area contributed by atoms with E-state index in [1.165, 1.54) is 0 Å². The van der Waals surface area contributed by atoms with Gasteiger partial charge in [-0.1, -0.05) is 0 Å². The van der Waals surface area contributed by atoms with Gasteiger partial charge < -0.3 is 29.5 Å². The molecule has 0 spiro atoms. The molecule has 1 saturated heterocycles. The number of carbonyl (C=O) groups is 1. The van der Waals surface area contributed by atoms with Gasteiger partial charge >= 0.3 is 0 Å². The molecule has 1 saturated carbocycles. The molecule has 2 aliphatic rings. The SMILES string of the molecule is COCCOc1cc(OC2CCC(NC(=O)c3ccc(N4CCC(CO)CC4)nn3)CC2)ccc1C#N. The summed E-state index contributed by atoms with van der Waals surface area (Å²) in [6.45, 7) is 2.69. The highest BCUT2D eigenvalue weighted by atomic mass is 16.5. The van der Waals surface area contributed by atoms with Gasteiger partial charge in [-0.25, -0.2) is 0 Å². The highest BCUT2D eigenvalue weighted by molar-refractivity contribution is 5.92. The molecule has 198 valence electrons. The lowest BCUT2D eigenvalue weighted by Crippen LogP contribution is -2.40. The number of nitrogens with one attached hydrogen (secondary N) is 1. The molecule has 2 fully saturated rings. The van der Waals surface area contributed by atoms with E-state index in [9.17, 15) is 15.2 Å². The standard InChI is InChI=1S/C27H35N5O5/c1-35-14-15-36-25-16-23(5-2-20(25)17-28)37-22-6-3-21(4-7-22)29-27(34)24-8-9-26(31-30-24)32-12-10-19(18-33)11-13-32/h2,5,8-9,16,19,21-22,33H,3-4,6-7,10-15,18H2,1H3,(H,29,34). The summed E-state index contributed by atoms with van der Waals surface area (Å²) in [5.41, 5.74) is 0.767. The van der Waals surface area contributed by atoms with Crippen LogP contribution >= 0.6 is 0 Å². The van der Waals surface area contributed by atoms with Crippen LogP contribution in [0.1, 0.15) is 54.6 Å². The predicted octanol–water partition coefficient (Wildman–Crippen LogP) is 2.70. The first-order valence-electron chi connectivity index (χ1n) is 12.9. The van der Waals surface area contributed by atoms with Gasteiger partial charge in [-0.3, -0.25) is 4.79 Å². The van der Waals surface area contributed by atoms with Crippen molar-refractivity contribution < 1.29 is 24.1 Å². The molecule has 0 unspecified atom stereocenters. The maximum atomic E-state index is 12.7. The molecular weight excluding hydrogens is 474 g/mol. The Kier molecular flexibility index (Phi) is 9.52. The van der Waals surface area contributed by atoms with Crippen molar-refractivity contribution in [1.29, 1.82) is 5.26 Å². The minimum atomic E-state index is -0.215. The number of carbonyl (C=O) groups excluding carboxylic acids is 1. The molecule has 4 rings (SSSR count). The number of amides is 1. The summed E-state index contributed by atoms with van der Waals surface area (Å²) in [5, 5.41) is 30.1. The minimum absolute atomic E-state index is 0.0296. The number of nitriles is 1. The zero-order valence-corrected chi connectivity index (χ0v) is 21.3. The van der Waals surface area contributed by atoms with Crippen LogP contribution in [0.25, 0.3) is 0 Å². The molecule has 1 aliphatic carbocycles. The molecule has 37 heavy (non-hydrogen) atoms. The molecule has 1 amide bonds. The van der Waals surface area contributed by atoms with E-state index in [0.29, 0.717) is 41.9 Å². The van der Waals surface area contributed by atoms with Crippen LogP contribution in [0.2, 0.25) is 0 Å². The highest BCUT2D eigenvalue weighted by Gasteiger charge is 2.25. The molecule has 0 atom stereocenters. The molecule has 10 heteroatoms. The van der Waals surface area contributed by atoms with E-state index in [0.717, 1.165) is 57.4 Å². The second-order valence-corrected chi connectivity index (χ2v) is 9.57. The van der Waals surface area contributed by atoms with Gasteiger partial charge in [0.05, 0.1) is 18.3 Å². The first-order valence-corrected chi connectivity index (χ1v) is 12.9. The number of aliphatic hydroxyl groups excluding tert-OH is 1. The summed E-state index contributed by atoms with van der Waals surface area (Å²) in [6.07, 6.45) is 5.10. The van der Waals surface area contributed by atoms with Crippen LogP contribution in [0.4, 0.5) is 5.82 Å². The van der Waals surface area contributed by atoms with Crippen molar-refractivity contribution in [3.8, 4) is 17.6 Å². The van der Waals surface area contributed by atoms with E-state index in [2.05, 4.69) is 26.5 Å². The second kappa shape index (κ2) is 13.2. The maximum Gasteiger partial charge on any atom is 0.272 e. The van der Waals surface area contributed by atoms with E-state index in [4.69, 9.17) is 14.2 Å². The van der Waals surface area contributed by atoms with Crippen LogP contribution in [0.3, 0.4) is 0 Å². The molecule has 0 bridgehead atoms. The van der Waals surface area contributed by atoms with Gasteiger partial charge in [0.25, 0.3) is 5.91 Å². The Balaban J connectivity index is 1.23. The fraction of sp³-hybridized carbons (Fsp3) is 0.556. The Hall–Kier alpha value is -3.42. The second-order valence-electron chi connectivity index (χ2n) is 9.57. The minimum Gasteiger partial charge on any atom is -0.490 e. The van der Waals surface area contributed by atoms with E-state index >= 15 is 0 Å². The fourth-order valence-corrected chi connectivity index (χ4v) is 4.76. The van der Waals surface area contributed by atoms with Crippen molar-refractivity contribution in [3.05, 3.63) is 41.6 Å². The summed E-state index contributed by atoms with van der Waals surface area (Å²) in [6, 6.07) is 11.0. The third-order valence-electron chi connectivity index (χ3n) is 7.01. The van der Waals surface area contributed by atoms with Crippen LogP contribution in [0, 0.1) is 17.2 Å². The predicted molar refractivity (Wildman–Crippen MR) is 137 cm³/mol. The smallest absolute Gasteiger partial charge is 0.272 e. The van der Waals surface area contributed by atoms with Gasteiger partial charge in [-0.05, 0) is 68.7 Å². The van der Waals surface area contributed by atoms with Crippen LogP contribution in [0.5, 0.6) is 11.5 Å². The maximum absolute atomic E-state index is 12.7. The van der Waals surface area contributed by atoms with Gasteiger partial charge in [-0.2, -0.15) is 5.26 Å². The lowest BCUT2D eigenvalue weighted by molar-refractivity contribution is 0.0887. The number of ether oxygens (including phenoxy) is 3. The van der Waals surface area contributed by atoms with Crippen molar-refractivity contribution in [2.45, 2.75) is 50.7 Å². The van der Waals surface area contributed by atoms with E-state index in [1.807, 2.05) is 6.07 Å². The molecule has 1 aliphatic heterocycles. The first kappa shape index (κ1) is 26.6. The summed E-state index contributed by atoms with van der Waals surface area (Å²) >= 11 is 0. The molecule has 1 aromatic heterocycles. The van der Waals surface area contributed by atoms with Crippen molar-refractivity contribution >= 4 is 11.7 Å². The Morgan fingerprint density at radius 3 is 2.54 bits per heavy atom. The number of hydrogen-bond donors (Lipinski definition) is 2. The van der Waals surface area contributed by atoms with E-state index in [-0.39, 0.29) is 24.7 Å². The average molecular weight is 510 g/mol. The fourth-order valence-electron chi connectivity index (χ4n) is 4.76. The quantitative estimate of drug-likeness (QED) is 0.464. The molecule has 10 nitrogen and oxygen atoms in total. The Labute approximate surface area is 217 Å². The number of rotatable bonds is 10. The number of nitrogens with zero attached hydrogens (tertiary/aromatic N) is 4. The number of benzene rings is 1. The van der Waals surface area contributed by atoms with E-state index < -0.39 is 0 Å². The van der Waals surface area contributed by atoms with Gasteiger partial charge in [0, 0.05) is 38.9 Å². The molecule has 2 N–H and O–H groups in total. The molecular formula is C27H35N5O5. The van der Waals surface area contributed by atoms with Gasteiger partial charge in [0.15, 0.2) is 11.5 Å². The van der Waals surface area contributed by atoms with Crippen molar-refractivity contribution in [2.24, 2.45) is 5.92 Å². The summed E-state index contributed by atoms with van der Waals surface area (Å²) < 4.78 is 16.8. The third-order valence-corrected chi connectivity index (χ3v) is 7.01. The van der Waals surface area contributed by atoms with Crippen molar-refractivity contribution in [1.82, 2.24) is 15.5 Å². The molecule has 1 aromatic carbocycles. The Bertz CT molecular complexity index is 1060. The third kappa shape index (κ3) is 7.31. The van der Waals surface area contributed by atoms with Crippen LogP contribution in [-0.2, 0) is 4.74 Å². The van der Waals surface area contributed by atoms with Gasteiger partial charge in [0.1, 0.15) is 24.2 Å². The van der Waals surface area contributed by atoms with Crippen molar-refractivity contribution in [2.75, 3.05) is 44.9 Å². The topological polar surface area (TPSA) is 130 Å².